The van der Waals surface area contributed by atoms with Crippen molar-refractivity contribution in [2.24, 2.45) is 23.3 Å². The summed E-state index contributed by atoms with van der Waals surface area (Å²) >= 11 is 0. The number of piperidine rings is 1. The number of aliphatic hydroxyl groups is 2. The molecule has 0 bridgehead atoms. The highest BCUT2D eigenvalue weighted by atomic mass is 16.3. The molecule has 1 aliphatic rings. The third kappa shape index (κ3) is 12.4. The first-order chi connectivity index (χ1) is 22.9. The monoisotopic (exact) mass is 665 g/mol. The van der Waals surface area contributed by atoms with E-state index in [0.717, 1.165) is 11.1 Å². The Bertz CT molecular complexity index is 1300. The molecule has 8 N–H and O–H groups in total. The van der Waals surface area contributed by atoms with E-state index in [2.05, 4.69) is 10.6 Å². The summed E-state index contributed by atoms with van der Waals surface area (Å²) in [4.78, 5) is 56.3. The van der Waals surface area contributed by atoms with Crippen LogP contribution in [0.5, 0.6) is 0 Å². The third-order valence-corrected chi connectivity index (χ3v) is 9.06. The quantitative estimate of drug-likeness (QED) is 0.123. The van der Waals surface area contributed by atoms with Crippen LogP contribution in [0.1, 0.15) is 69.9 Å². The lowest BCUT2D eigenvalue weighted by molar-refractivity contribution is -0.142. The van der Waals surface area contributed by atoms with Gasteiger partial charge in [-0.15, -0.1) is 0 Å². The summed E-state index contributed by atoms with van der Waals surface area (Å²) in [6.07, 6.45) is 3.04. The number of hydrogen-bond donors (Lipinski definition) is 6. The Labute approximate surface area is 284 Å². The van der Waals surface area contributed by atoms with E-state index in [4.69, 9.17) is 11.5 Å². The molecule has 1 saturated heterocycles. The SMILES string of the molecule is CC(C)C[C@@H](CC(=O)[C@@H](Cc1ccccc1)NC(=O)[C@H](N)Cc1ccccc1)C(=O)N[C@H](CCCCN)C(=O)N1CCC(O)(CO)CC1. The Hall–Kier alpha value is -3.64. The average Bonchev–Trinajstić information content (AvgIpc) is 3.08. The molecule has 0 radical (unpaired) electrons. The molecule has 1 fully saturated rings. The molecule has 0 aliphatic carbocycles. The fourth-order valence-electron chi connectivity index (χ4n) is 6.13. The second-order valence-corrected chi connectivity index (χ2v) is 13.6. The van der Waals surface area contributed by atoms with Crippen molar-refractivity contribution in [1.29, 1.82) is 0 Å². The van der Waals surface area contributed by atoms with E-state index in [1.54, 1.807) is 4.90 Å². The van der Waals surface area contributed by atoms with Crippen molar-refractivity contribution in [3.63, 3.8) is 0 Å². The Balaban J connectivity index is 1.76. The maximum atomic E-state index is 14.0. The van der Waals surface area contributed by atoms with E-state index in [1.807, 2.05) is 74.5 Å². The molecule has 11 heteroatoms. The number of aliphatic hydroxyl groups excluding tert-OH is 1. The van der Waals surface area contributed by atoms with Gasteiger partial charge in [0.1, 0.15) is 6.04 Å². The molecule has 11 nitrogen and oxygen atoms in total. The minimum atomic E-state index is -1.21. The predicted octanol–water partition coefficient (Wildman–Crippen LogP) is 1.87. The van der Waals surface area contributed by atoms with Crippen LogP contribution in [0.4, 0.5) is 0 Å². The van der Waals surface area contributed by atoms with Crippen molar-refractivity contribution in [2.45, 2.75) is 95.4 Å². The van der Waals surface area contributed by atoms with Gasteiger partial charge < -0.3 is 37.2 Å². The van der Waals surface area contributed by atoms with E-state index in [-0.39, 0.29) is 63.0 Å². The molecule has 0 spiro atoms. The largest absolute Gasteiger partial charge is 0.393 e. The Morgan fingerprint density at radius 2 is 1.42 bits per heavy atom. The van der Waals surface area contributed by atoms with Crippen LogP contribution in [-0.2, 0) is 32.0 Å². The Kier molecular flexibility index (Phi) is 15.7. The van der Waals surface area contributed by atoms with Crippen LogP contribution in [-0.4, -0.2) is 88.6 Å². The van der Waals surface area contributed by atoms with Crippen molar-refractivity contribution in [3.05, 3.63) is 71.8 Å². The number of likely N-dealkylation sites (tertiary alicyclic amines) is 1. The number of amides is 3. The molecule has 0 saturated carbocycles. The molecular formula is C37H55N5O6. The van der Waals surface area contributed by atoms with Gasteiger partial charge in [-0.1, -0.05) is 74.5 Å². The molecule has 4 atom stereocenters. The lowest BCUT2D eigenvalue weighted by Gasteiger charge is -2.38. The van der Waals surface area contributed by atoms with Crippen LogP contribution in [0.3, 0.4) is 0 Å². The normalized spacial score (nSPS) is 16.9. The van der Waals surface area contributed by atoms with Crippen molar-refractivity contribution in [2.75, 3.05) is 26.2 Å². The molecule has 264 valence electrons. The van der Waals surface area contributed by atoms with Crippen LogP contribution < -0.4 is 22.1 Å². The van der Waals surface area contributed by atoms with Gasteiger partial charge >= 0.3 is 0 Å². The lowest BCUT2D eigenvalue weighted by Crippen LogP contribution is -2.55. The fourth-order valence-corrected chi connectivity index (χ4v) is 6.13. The van der Waals surface area contributed by atoms with E-state index in [1.165, 1.54) is 0 Å². The first-order valence-electron chi connectivity index (χ1n) is 17.2. The minimum Gasteiger partial charge on any atom is -0.393 e. The molecule has 0 unspecified atom stereocenters. The maximum Gasteiger partial charge on any atom is 0.245 e. The number of carbonyl (C=O) groups is 4. The predicted molar refractivity (Wildman–Crippen MR) is 185 cm³/mol. The van der Waals surface area contributed by atoms with Gasteiger partial charge in [0.15, 0.2) is 5.78 Å². The van der Waals surface area contributed by atoms with E-state index < -0.39 is 41.5 Å². The molecule has 3 rings (SSSR count). The third-order valence-electron chi connectivity index (χ3n) is 9.06. The summed E-state index contributed by atoms with van der Waals surface area (Å²) in [6.45, 7) is 4.55. The lowest BCUT2D eigenvalue weighted by atomic mass is 9.88. The Morgan fingerprint density at radius 1 is 0.854 bits per heavy atom. The van der Waals surface area contributed by atoms with Crippen LogP contribution >= 0.6 is 0 Å². The Morgan fingerprint density at radius 3 is 1.96 bits per heavy atom. The van der Waals surface area contributed by atoms with Crippen LogP contribution in [0.2, 0.25) is 0 Å². The van der Waals surface area contributed by atoms with Gasteiger partial charge in [0, 0.05) is 25.4 Å². The highest BCUT2D eigenvalue weighted by Crippen LogP contribution is 2.24. The molecule has 2 aromatic carbocycles. The van der Waals surface area contributed by atoms with Gasteiger partial charge in [-0.05, 0) is 75.0 Å². The first kappa shape index (κ1) is 38.8. The fraction of sp³-hybridized carbons (Fsp3) is 0.568. The van der Waals surface area contributed by atoms with Gasteiger partial charge in [0.05, 0.1) is 24.3 Å². The molecule has 1 aliphatic heterocycles. The molecule has 3 amide bonds. The average molecular weight is 666 g/mol. The molecule has 2 aromatic rings. The smallest absolute Gasteiger partial charge is 0.245 e. The summed E-state index contributed by atoms with van der Waals surface area (Å²) in [7, 11) is 0. The van der Waals surface area contributed by atoms with Gasteiger partial charge in [-0.2, -0.15) is 0 Å². The minimum absolute atomic E-state index is 0.0830. The summed E-state index contributed by atoms with van der Waals surface area (Å²) < 4.78 is 0. The number of ketones is 1. The van der Waals surface area contributed by atoms with Gasteiger partial charge in [0.25, 0.3) is 0 Å². The van der Waals surface area contributed by atoms with Crippen LogP contribution in [0.15, 0.2) is 60.7 Å². The number of unbranched alkanes of at least 4 members (excludes halogenated alkanes) is 1. The summed E-state index contributed by atoms with van der Waals surface area (Å²) in [5.74, 6) is -2.02. The number of nitrogens with two attached hydrogens (primary N) is 2. The zero-order valence-electron chi connectivity index (χ0n) is 28.5. The summed E-state index contributed by atoms with van der Waals surface area (Å²) in [5, 5.41) is 25.8. The van der Waals surface area contributed by atoms with Crippen molar-refractivity contribution in [1.82, 2.24) is 15.5 Å². The van der Waals surface area contributed by atoms with Crippen LogP contribution in [0, 0.1) is 11.8 Å². The number of carbonyl (C=O) groups excluding carboxylic acids is 4. The topological polar surface area (TPSA) is 188 Å². The standard InChI is InChI=1S/C37H55N5O6/c1-26(2)21-29(34(45)40-31(15-9-10-18-38)36(47)42-19-16-37(48,25-43)17-20-42)24-33(44)32(23-28-13-7-4-8-14-28)41-35(46)30(39)22-27-11-5-3-6-12-27/h3-8,11-14,26,29-32,43,48H,9-10,15-25,38-39H2,1-2H3,(H,40,45)(H,41,46)/t29-,30+,31+,32+/m0/s1. The van der Waals surface area contributed by atoms with E-state index in [9.17, 15) is 29.4 Å². The summed E-state index contributed by atoms with van der Waals surface area (Å²) in [6, 6.07) is 16.2. The molecule has 0 aromatic heterocycles. The van der Waals surface area contributed by atoms with E-state index >= 15 is 0 Å². The van der Waals surface area contributed by atoms with Gasteiger partial charge in [0.2, 0.25) is 17.7 Å². The molecule has 1 heterocycles. The summed E-state index contributed by atoms with van der Waals surface area (Å²) in [5.41, 5.74) is 12.5. The van der Waals surface area contributed by atoms with Crippen molar-refractivity contribution >= 4 is 23.5 Å². The van der Waals surface area contributed by atoms with Gasteiger partial charge in [-0.25, -0.2) is 0 Å². The first-order valence-corrected chi connectivity index (χ1v) is 17.2. The molecular weight excluding hydrogens is 610 g/mol. The number of Topliss-reactive ketones (excluding diaryl/α,β-unsaturated/α-hetero) is 1. The van der Waals surface area contributed by atoms with E-state index in [0.29, 0.717) is 38.6 Å². The van der Waals surface area contributed by atoms with Crippen molar-refractivity contribution in [3.8, 4) is 0 Å². The van der Waals surface area contributed by atoms with Gasteiger partial charge in [-0.3, -0.25) is 19.2 Å². The number of hydrogen-bond acceptors (Lipinski definition) is 8. The zero-order chi connectivity index (χ0) is 35.1. The number of rotatable bonds is 19. The zero-order valence-corrected chi connectivity index (χ0v) is 28.5. The highest BCUT2D eigenvalue weighted by Gasteiger charge is 2.37. The number of benzene rings is 2. The second-order valence-electron chi connectivity index (χ2n) is 13.6. The second kappa shape index (κ2) is 19.4. The van der Waals surface area contributed by atoms with Crippen LogP contribution in [0.25, 0.3) is 0 Å². The number of nitrogens with one attached hydrogen (secondary N) is 2. The maximum absolute atomic E-state index is 14.0. The molecule has 48 heavy (non-hydrogen) atoms. The van der Waals surface area contributed by atoms with Crippen molar-refractivity contribution < 1.29 is 29.4 Å². The number of nitrogens with zero attached hydrogens (tertiary/aromatic N) is 1. The highest BCUT2D eigenvalue weighted by molar-refractivity contribution is 5.95.